The van der Waals surface area contributed by atoms with Crippen molar-refractivity contribution >= 4 is 30.3 Å². The lowest BCUT2D eigenvalue weighted by molar-refractivity contribution is -0.128. The molecule has 0 saturated heterocycles. The summed E-state index contributed by atoms with van der Waals surface area (Å²) < 4.78 is 23.4. The van der Waals surface area contributed by atoms with Gasteiger partial charge in [0.2, 0.25) is 0 Å². The number of benzene rings is 1. The number of amidine groups is 1. The highest BCUT2D eigenvalue weighted by Gasteiger charge is 2.48. The zero-order valence-corrected chi connectivity index (χ0v) is 20.8. The summed E-state index contributed by atoms with van der Waals surface area (Å²) in [5, 5.41) is 24.5. The van der Waals surface area contributed by atoms with Crippen LogP contribution >= 0.6 is 7.52 Å². The molecule has 176 valence electrons. The van der Waals surface area contributed by atoms with Crippen LogP contribution in [-0.2, 0) is 13.9 Å². The number of phenols is 1. The molecule has 9 heteroatoms. The molecule has 0 bridgehead atoms. The fourth-order valence-electron chi connectivity index (χ4n) is 4.04. The molecule has 0 aliphatic carbocycles. The molecule has 32 heavy (non-hydrogen) atoms. The molecule has 2 aliphatic rings. The van der Waals surface area contributed by atoms with Gasteiger partial charge in [-0.25, -0.2) is 0 Å². The summed E-state index contributed by atoms with van der Waals surface area (Å²) in [6, 6.07) is 3.76. The van der Waals surface area contributed by atoms with Gasteiger partial charge in [0.05, 0.1) is 23.6 Å². The van der Waals surface area contributed by atoms with E-state index in [-0.39, 0.29) is 40.8 Å². The number of nitrogens with one attached hydrogen (secondary N) is 1. The number of aliphatic hydroxyl groups is 1. The van der Waals surface area contributed by atoms with Crippen molar-refractivity contribution < 1.29 is 24.1 Å². The normalized spacial score (nSPS) is 23.8. The average Bonchev–Trinajstić information content (AvgIpc) is 2.88. The molecule has 0 saturated carbocycles. The van der Waals surface area contributed by atoms with Crippen molar-refractivity contribution in [1.29, 1.82) is 0 Å². The summed E-state index contributed by atoms with van der Waals surface area (Å²) in [5.74, 6) is -0.510. The number of carbonyl (C=O) groups excluding carboxylic acids is 1. The van der Waals surface area contributed by atoms with E-state index in [9.17, 15) is 19.6 Å². The van der Waals surface area contributed by atoms with Gasteiger partial charge in [-0.15, -0.1) is 0 Å². The summed E-state index contributed by atoms with van der Waals surface area (Å²) in [6.07, 6.45) is 0.750. The Bertz CT molecular complexity index is 1030. The smallest absolute Gasteiger partial charge is 0.348 e. The van der Waals surface area contributed by atoms with Crippen molar-refractivity contribution in [3.05, 3.63) is 29.5 Å². The minimum absolute atomic E-state index is 0.00281. The molecule has 2 unspecified atom stereocenters. The summed E-state index contributed by atoms with van der Waals surface area (Å²) >= 11 is 0. The van der Waals surface area contributed by atoms with Gasteiger partial charge in [-0.1, -0.05) is 41.5 Å². The monoisotopic (exact) mass is 463 g/mol. The highest BCUT2D eigenvalue weighted by Crippen LogP contribution is 2.53. The molecular formula is C23H34N3O5P. The van der Waals surface area contributed by atoms with Crippen molar-refractivity contribution in [3.63, 3.8) is 0 Å². The van der Waals surface area contributed by atoms with Crippen LogP contribution in [0.4, 0.5) is 5.69 Å². The average molecular weight is 464 g/mol. The third-order valence-electron chi connectivity index (χ3n) is 5.53. The molecule has 3 rings (SSSR count). The zero-order valence-electron chi connectivity index (χ0n) is 19.9. The molecule has 3 N–H and O–H groups in total. The van der Waals surface area contributed by atoms with E-state index in [1.807, 2.05) is 20.8 Å². The molecule has 0 radical (unpaired) electrons. The Morgan fingerprint density at radius 2 is 1.84 bits per heavy atom. The minimum atomic E-state index is -3.71. The fourth-order valence-corrected chi connectivity index (χ4v) is 5.79. The molecule has 2 heterocycles. The molecule has 8 nitrogen and oxygen atoms in total. The maximum Gasteiger partial charge on any atom is 0.348 e. The first-order valence-corrected chi connectivity index (χ1v) is 12.5. The van der Waals surface area contributed by atoms with E-state index in [1.54, 1.807) is 11.8 Å². The van der Waals surface area contributed by atoms with Gasteiger partial charge in [-0.2, -0.15) is 4.76 Å². The second-order valence-electron chi connectivity index (χ2n) is 10.6. The van der Waals surface area contributed by atoms with Crippen LogP contribution in [0.2, 0.25) is 0 Å². The number of fused-ring (bicyclic) bond motifs is 1. The Labute approximate surface area is 189 Å². The quantitative estimate of drug-likeness (QED) is 0.552. The van der Waals surface area contributed by atoms with E-state index in [2.05, 4.69) is 30.9 Å². The summed E-state index contributed by atoms with van der Waals surface area (Å²) in [4.78, 5) is 15.2. The first kappa shape index (κ1) is 24.3. The Kier molecular flexibility index (Phi) is 6.26. The third-order valence-corrected chi connectivity index (χ3v) is 7.61. The lowest BCUT2D eigenvalue weighted by Gasteiger charge is -2.36. The second-order valence-corrected chi connectivity index (χ2v) is 12.5. The van der Waals surface area contributed by atoms with Crippen LogP contribution in [0.5, 0.6) is 5.75 Å². The van der Waals surface area contributed by atoms with Gasteiger partial charge in [0.1, 0.15) is 17.1 Å². The SMILES string of the molecule is CCOP1(=O)N=C(C2=C(O)C(C(C)(C)C)N(CCC(C)(C)C)C2=O)Nc2cc(O)ccc21. The highest BCUT2D eigenvalue weighted by atomic mass is 31.2. The largest absolute Gasteiger partial charge is 0.509 e. The number of nitrogens with zero attached hydrogens (tertiary/aromatic N) is 2. The van der Waals surface area contributed by atoms with E-state index in [0.29, 0.717) is 17.5 Å². The number of hydrogen-bond acceptors (Lipinski definition) is 6. The minimum Gasteiger partial charge on any atom is -0.509 e. The third kappa shape index (κ3) is 4.57. The van der Waals surface area contributed by atoms with Crippen LogP contribution in [0.15, 0.2) is 34.3 Å². The standard InChI is InChI=1S/C23H34N3O5P/c1-8-31-32(30)16-10-9-14(27)13-15(16)24-20(25-32)17-18(28)19(23(5,6)7)26(21(17)29)12-11-22(2,3)4/h9-10,13,19,27-28H,8,11-12H2,1-7H3,(H,24,25,30). The van der Waals surface area contributed by atoms with E-state index in [1.165, 1.54) is 18.2 Å². The number of anilines is 1. The van der Waals surface area contributed by atoms with Crippen molar-refractivity contribution in [2.75, 3.05) is 18.5 Å². The van der Waals surface area contributed by atoms with E-state index >= 15 is 0 Å². The van der Waals surface area contributed by atoms with Gasteiger partial charge < -0.3 is 25.0 Å². The van der Waals surface area contributed by atoms with Crippen LogP contribution in [0.3, 0.4) is 0 Å². The maximum absolute atomic E-state index is 13.6. The van der Waals surface area contributed by atoms with Gasteiger partial charge in [-0.3, -0.25) is 9.36 Å². The van der Waals surface area contributed by atoms with Crippen LogP contribution in [0, 0.1) is 10.8 Å². The summed E-state index contributed by atoms with van der Waals surface area (Å²) in [6.45, 7) is 14.5. The molecule has 1 aromatic carbocycles. The van der Waals surface area contributed by atoms with Crippen molar-refractivity contribution in [2.45, 2.75) is 60.9 Å². The van der Waals surface area contributed by atoms with Gasteiger partial charge in [0.25, 0.3) is 5.91 Å². The van der Waals surface area contributed by atoms with Crippen LogP contribution < -0.4 is 10.6 Å². The van der Waals surface area contributed by atoms with Gasteiger partial charge >= 0.3 is 7.52 Å². The Morgan fingerprint density at radius 1 is 1.19 bits per heavy atom. The number of aliphatic hydroxyl groups excluding tert-OH is 1. The number of rotatable bonds is 5. The molecule has 2 aliphatic heterocycles. The summed E-state index contributed by atoms with van der Waals surface area (Å²) in [5.41, 5.74) is -0.106. The zero-order chi connectivity index (χ0) is 24.1. The molecule has 0 aromatic heterocycles. The van der Waals surface area contributed by atoms with Crippen LogP contribution in [0.1, 0.15) is 54.9 Å². The summed E-state index contributed by atoms with van der Waals surface area (Å²) in [7, 11) is -3.71. The van der Waals surface area contributed by atoms with E-state index in [4.69, 9.17) is 4.52 Å². The first-order valence-electron chi connectivity index (χ1n) is 10.9. The van der Waals surface area contributed by atoms with Crippen molar-refractivity contribution in [1.82, 2.24) is 4.90 Å². The van der Waals surface area contributed by atoms with Gasteiger partial charge in [-0.05, 0) is 36.3 Å². The fraction of sp³-hybridized carbons (Fsp3) is 0.565. The molecular weight excluding hydrogens is 429 g/mol. The predicted octanol–water partition coefficient (Wildman–Crippen LogP) is 4.58. The second kappa shape index (κ2) is 8.23. The van der Waals surface area contributed by atoms with Gasteiger partial charge in [0.15, 0.2) is 5.84 Å². The van der Waals surface area contributed by atoms with Crippen LogP contribution in [-0.4, -0.2) is 46.0 Å². The molecule has 0 fully saturated rings. The molecule has 1 aromatic rings. The highest BCUT2D eigenvalue weighted by molar-refractivity contribution is 7.66. The first-order chi connectivity index (χ1) is 14.7. The van der Waals surface area contributed by atoms with E-state index in [0.717, 1.165) is 6.42 Å². The number of carbonyl (C=O) groups is 1. The number of hydrogen-bond donors (Lipinski definition) is 3. The van der Waals surface area contributed by atoms with Crippen LogP contribution in [0.25, 0.3) is 0 Å². The Balaban J connectivity index is 2.10. The van der Waals surface area contributed by atoms with Crippen molar-refractivity contribution in [2.24, 2.45) is 15.6 Å². The lowest BCUT2D eigenvalue weighted by Crippen LogP contribution is -2.45. The van der Waals surface area contributed by atoms with Gasteiger partial charge in [0, 0.05) is 12.6 Å². The number of phenolic OH excluding ortho intramolecular Hbond substituents is 1. The Morgan fingerprint density at radius 3 is 2.41 bits per heavy atom. The lowest BCUT2D eigenvalue weighted by atomic mass is 9.84. The molecule has 1 amide bonds. The molecule has 2 atom stereocenters. The topological polar surface area (TPSA) is 111 Å². The van der Waals surface area contributed by atoms with Crippen molar-refractivity contribution in [3.8, 4) is 5.75 Å². The Hall–Kier alpha value is -2.31. The van der Waals surface area contributed by atoms with E-state index < -0.39 is 19.0 Å². The predicted molar refractivity (Wildman–Crippen MR) is 127 cm³/mol. The maximum atomic E-state index is 13.6. The number of amides is 1. The number of aromatic hydroxyl groups is 1. The molecule has 0 spiro atoms.